The third-order valence-corrected chi connectivity index (χ3v) is 8.19. The van der Waals surface area contributed by atoms with E-state index in [0.29, 0.717) is 0 Å². The fraction of sp³-hybridized carbons (Fsp3) is 0.115. The molecule has 0 saturated heterocycles. The molecule has 30 heavy (non-hydrogen) atoms. The summed E-state index contributed by atoms with van der Waals surface area (Å²) in [5.74, 6) is 0. The Kier molecular flexibility index (Phi) is 5.79. The molecule has 1 heterocycles. The fourth-order valence-electron chi connectivity index (χ4n) is 3.54. The van der Waals surface area contributed by atoms with Crippen LogP contribution in [-0.4, -0.2) is 23.0 Å². The fourth-order valence-corrected chi connectivity index (χ4v) is 5.44. The standard InChI is InChI=1S/C26H26N2OSi/c1-30(2,23-16-10-5-11-17-23)19-18-25(29)24-20-28(22-14-8-4-9-15-22)27-26(24)21-12-6-3-7-13-21/h3-20,25,29H,1-2H3/b19-18+. The summed E-state index contributed by atoms with van der Waals surface area (Å²) in [6, 6.07) is 30.6. The van der Waals surface area contributed by atoms with E-state index in [0.717, 1.165) is 22.5 Å². The molecule has 0 fully saturated rings. The van der Waals surface area contributed by atoms with Gasteiger partial charge in [-0.15, -0.1) is 0 Å². The number of hydrogen-bond donors (Lipinski definition) is 1. The largest absolute Gasteiger partial charge is 0.384 e. The lowest BCUT2D eigenvalue weighted by atomic mass is 10.0. The van der Waals surface area contributed by atoms with Crippen molar-refractivity contribution in [3.8, 4) is 16.9 Å². The molecule has 4 aromatic rings. The van der Waals surface area contributed by atoms with E-state index in [9.17, 15) is 5.11 Å². The van der Waals surface area contributed by atoms with Crippen molar-refractivity contribution in [2.45, 2.75) is 19.2 Å². The molecule has 150 valence electrons. The summed E-state index contributed by atoms with van der Waals surface area (Å²) < 4.78 is 1.84. The highest BCUT2D eigenvalue weighted by Gasteiger charge is 2.22. The molecule has 0 radical (unpaired) electrons. The molecule has 1 atom stereocenters. The molecule has 0 aliphatic heterocycles. The lowest BCUT2D eigenvalue weighted by Gasteiger charge is -2.19. The normalized spacial score (nSPS) is 12.9. The summed E-state index contributed by atoms with van der Waals surface area (Å²) in [7, 11) is -1.80. The van der Waals surface area contributed by atoms with Crippen LogP contribution in [-0.2, 0) is 0 Å². The van der Waals surface area contributed by atoms with Gasteiger partial charge >= 0.3 is 0 Å². The molecule has 1 unspecified atom stereocenters. The van der Waals surface area contributed by atoms with Gasteiger partial charge in [-0.2, -0.15) is 5.10 Å². The number of aliphatic hydroxyl groups is 1. The van der Waals surface area contributed by atoms with Gasteiger partial charge < -0.3 is 5.11 Å². The van der Waals surface area contributed by atoms with Crippen LogP contribution in [0.5, 0.6) is 0 Å². The van der Waals surface area contributed by atoms with Gasteiger partial charge in [0.05, 0.1) is 11.4 Å². The average Bonchev–Trinajstić information content (AvgIpc) is 3.25. The van der Waals surface area contributed by atoms with Crippen LogP contribution in [0.3, 0.4) is 0 Å². The van der Waals surface area contributed by atoms with E-state index in [1.54, 1.807) is 0 Å². The Morgan fingerprint density at radius 2 is 1.40 bits per heavy atom. The van der Waals surface area contributed by atoms with Gasteiger partial charge in [0.2, 0.25) is 0 Å². The highest BCUT2D eigenvalue weighted by atomic mass is 28.3. The first-order chi connectivity index (χ1) is 14.5. The second-order valence-electron chi connectivity index (χ2n) is 7.97. The Balaban J connectivity index is 1.71. The van der Waals surface area contributed by atoms with E-state index in [4.69, 9.17) is 5.10 Å². The van der Waals surface area contributed by atoms with Crippen molar-refractivity contribution in [1.82, 2.24) is 9.78 Å². The Morgan fingerprint density at radius 3 is 2.03 bits per heavy atom. The van der Waals surface area contributed by atoms with Crippen LogP contribution in [0.15, 0.2) is 109 Å². The molecule has 0 saturated carbocycles. The predicted molar refractivity (Wildman–Crippen MR) is 127 cm³/mol. The van der Waals surface area contributed by atoms with Crippen LogP contribution >= 0.6 is 0 Å². The SMILES string of the molecule is C[Si](C)(/C=C/C(O)c1cn(-c2ccccc2)nc1-c1ccccc1)c1ccccc1. The highest BCUT2D eigenvalue weighted by molar-refractivity contribution is 6.93. The van der Waals surface area contributed by atoms with Crippen LogP contribution in [0, 0.1) is 0 Å². The average molecular weight is 411 g/mol. The van der Waals surface area contributed by atoms with Crippen molar-refractivity contribution in [2.24, 2.45) is 0 Å². The maximum atomic E-state index is 11.1. The number of rotatable bonds is 6. The van der Waals surface area contributed by atoms with E-state index in [1.807, 2.05) is 83.7 Å². The van der Waals surface area contributed by atoms with E-state index in [2.05, 4.69) is 43.1 Å². The first-order valence-corrected chi connectivity index (χ1v) is 13.3. The molecular formula is C26H26N2OSi. The summed E-state index contributed by atoms with van der Waals surface area (Å²) in [5, 5.41) is 17.3. The maximum absolute atomic E-state index is 11.1. The van der Waals surface area contributed by atoms with E-state index in [-0.39, 0.29) is 0 Å². The second-order valence-corrected chi connectivity index (χ2v) is 12.3. The first kappa shape index (κ1) is 20.1. The summed E-state index contributed by atoms with van der Waals surface area (Å²) in [5.41, 5.74) is 5.78. The van der Waals surface area contributed by atoms with Gasteiger partial charge in [0.25, 0.3) is 0 Å². The number of aromatic nitrogens is 2. The maximum Gasteiger partial charge on any atom is 0.103 e. The molecule has 1 aromatic heterocycles. The Labute approximate surface area is 179 Å². The van der Waals surface area contributed by atoms with Crippen molar-refractivity contribution < 1.29 is 5.11 Å². The molecule has 0 aliphatic rings. The molecule has 4 heteroatoms. The molecule has 0 bridgehead atoms. The van der Waals surface area contributed by atoms with Crippen molar-refractivity contribution in [3.05, 3.63) is 115 Å². The zero-order chi connectivity index (χ0) is 21.0. The van der Waals surface area contributed by atoms with E-state index in [1.165, 1.54) is 5.19 Å². The molecule has 0 spiro atoms. The van der Waals surface area contributed by atoms with Gasteiger partial charge in [-0.1, -0.05) is 109 Å². The molecule has 1 N–H and O–H groups in total. The quantitative estimate of drug-likeness (QED) is 0.439. The summed E-state index contributed by atoms with van der Waals surface area (Å²) in [6.45, 7) is 4.58. The minimum absolute atomic E-state index is 0.729. The zero-order valence-electron chi connectivity index (χ0n) is 17.3. The third-order valence-electron chi connectivity index (χ3n) is 5.34. The summed E-state index contributed by atoms with van der Waals surface area (Å²) in [6.07, 6.45) is 3.13. The number of nitrogens with zero attached hydrogens (tertiary/aromatic N) is 2. The predicted octanol–water partition coefficient (Wildman–Crippen LogP) is 5.28. The highest BCUT2D eigenvalue weighted by Crippen LogP contribution is 2.29. The van der Waals surface area contributed by atoms with Crippen molar-refractivity contribution in [3.63, 3.8) is 0 Å². The van der Waals surface area contributed by atoms with Crippen LogP contribution in [0.25, 0.3) is 16.9 Å². The molecule has 0 aliphatic carbocycles. The number of aliphatic hydroxyl groups excluding tert-OH is 1. The third kappa shape index (κ3) is 4.35. The van der Waals surface area contributed by atoms with Crippen molar-refractivity contribution >= 4 is 13.3 Å². The van der Waals surface area contributed by atoms with E-state index < -0.39 is 14.2 Å². The topological polar surface area (TPSA) is 38.0 Å². The van der Waals surface area contributed by atoms with Crippen molar-refractivity contribution in [1.29, 1.82) is 0 Å². The van der Waals surface area contributed by atoms with Crippen LogP contribution in [0.1, 0.15) is 11.7 Å². The van der Waals surface area contributed by atoms with Crippen LogP contribution in [0.2, 0.25) is 13.1 Å². The Bertz CT molecular complexity index is 1120. The monoisotopic (exact) mass is 410 g/mol. The smallest absolute Gasteiger partial charge is 0.103 e. The second kappa shape index (κ2) is 8.65. The van der Waals surface area contributed by atoms with Crippen LogP contribution < -0.4 is 5.19 Å². The van der Waals surface area contributed by atoms with Gasteiger partial charge in [0.15, 0.2) is 0 Å². The van der Waals surface area contributed by atoms with Crippen molar-refractivity contribution in [2.75, 3.05) is 0 Å². The molecule has 4 rings (SSSR count). The lowest BCUT2D eigenvalue weighted by molar-refractivity contribution is 0.229. The number of para-hydroxylation sites is 1. The Morgan fingerprint density at radius 1 is 0.833 bits per heavy atom. The molecule has 0 amide bonds. The number of hydrogen-bond acceptors (Lipinski definition) is 2. The molecular weight excluding hydrogens is 384 g/mol. The minimum atomic E-state index is -1.80. The lowest BCUT2D eigenvalue weighted by Crippen LogP contribution is -2.39. The Hall–Kier alpha value is -3.21. The minimum Gasteiger partial charge on any atom is -0.384 e. The summed E-state index contributed by atoms with van der Waals surface area (Å²) in [4.78, 5) is 0. The first-order valence-electron chi connectivity index (χ1n) is 10.2. The van der Waals surface area contributed by atoms with Gasteiger partial charge in [0.1, 0.15) is 14.2 Å². The van der Waals surface area contributed by atoms with Gasteiger partial charge in [-0.05, 0) is 12.1 Å². The van der Waals surface area contributed by atoms with Gasteiger partial charge in [0, 0.05) is 17.3 Å². The van der Waals surface area contributed by atoms with Crippen LogP contribution in [0.4, 0.5) is 0 Å². The number of benzene rings is 3. The summed E-state index contributed by atoms with van der Waals surface area (Å²) >= 11 is 0. The van der Waals surface area contributed by atoms with Gasteiger partial charge in [-0.3, -0.25) is 0 Å². The van der Waals surface area contributed by atoms with Gasteiger partial charge in [-0.25, -0.2) is 4.68 Å². The van der Waals surface area contributed by atoms with E-state index >= 15 is 0 Å². The molecule has 3 aromatic carbocycles. The zero-order valence-corrected chi connectivity index (χ0v) is 18.3. The molecule has 3 nitrogen and oxygen atoms in total.